The predicted molar refractivity (Wildman–Crippen MR) is 138 cm³/mol. The number of hydrogen-bond acceptors (Lipinski definition) is 2. The quantitative estimate of drug-likeness (QED) is 0.470. The van der Waals surface area contributed by atoms with Gasteiger partial charge in [0.05, 0.1) is 5.69 Å². The molecule has 0 bridgehead atoms. The summed E-state index contributed by atoms with van der Waals surface area (Å²) in [5, 5.41) is 3.88. The fourth-order valence-electron chi connectivity index (χ4n) is 5.21. The van der Waals surface area contributed by atoms with Crippen LogP contribution in [0.5, 0.6) is 0 Å². The lowest BCUT2D eigenvalue weighted by atomic mass is 9.84. The Hall–Kier alpha value is -2.39. The molecule has 1 saturated carbocycles. The Morgan fingerprint density at radius 2 is 2.00 bits per heavy atom. The number of carbonyl (C=O) groups is 1. The number of amides is 1. The van der Waals surface area contributed by atoms with Crippen LogP contribution in [0.2, 0.25) is 0 Å². The van der Waals surface area contributed by atoms with Crippen molar-refractivity contribution >= 4 is 29.7 Å². The lowest BCUT2D eigenvalue weighted by Crippen LogP contribution is -2.32. The molecule has 0 spiro atoms. The van der Waals surface area contributed by atoms with E-state index < -0.39 is 0 Å². The zero-order valence-corrected chi connectivity index (χ0v) is 20.5. The van der Waals surface area contributed by atoms with E-state index in [1.54, 1.807) is 0 Å². The second-order valence-electron chi connectivity index (χ2n) is 9.76. The van der Waals surface area contributed by atoms with Crippen LogP contribution in [-0.2, 0) is 4.79 Å². The summed E-state index contributed by atoms with van der Waals surface area (Å²) in [7, 11) is 0. The van der Waals surface area contributed by atoms with E-state index in [1.807, 2.05) is 30.5 Å². The van der Waals surface area contributed by atoms with Gasteiger partial charge in [-0.3, -0.25) is 9.78 Å². The predicted octanol–water partition coefficient (Wildman–Crippen LogP) is 7.53. The highest BCUT2D eigenvalue weighted by atomic mass is 35.5. The van der Waals surface area contributed by atoms with E-state index in [0.717, 1.165) is 48.5 Å². The molecule has 3 nitrogen and oxygen atoms in total. The molecule has 3 unspecified atom stereocenters. The molecule has 1 heterocycles. The van der Waals surface area contributed by atoms with Crippen molar-refractivity contribution in [2.75, 3.05) is 0 Å². The number of nitrogens with zero attached hydrogens (tertiary/aromatic N) is 1. The smallest absolute Gasteiger partial charge is 0.227 e. The van der Waals surface area contributed by atoms with Gasteiger partial charge in [-0.2, -0.15) is 0 Å². The van der Waals surface area contributed by atoms with Crippen LogP contribution in [0, 0.1) is 17.8 Å². The Bertz CT molecular complexity index is 1020. The first-order valence-corrected chi connectivity index (χ1v) is 12.8. The Kier molecular flexibility index (Phi) is 8.03. The topological polar surface area (TPSA) is 42.0 Å². The molecule has 4 heteroatoms. The average Bonchev–Trinajstić information content (AvgIpc) is 3.16. The second kappa shape index (κ2) is 11.2. The van der Waals surface area contributed by atoms with Gasteiger partial charge in [-0.1, -0.05) is 56.2 Å². The molecule has 1 aromatic rings. The van der Waals surface area contributed by atoms with Gasteiger partial charge in [0.25, 0.3) is 0 Å². The summed E-state index contributed by atoms with van der Waals surface area (Å²) >= 11 is 6.10. The van der Waals surface area contributed by atoms with E-state index in [9.17, 15) is 4.79 Å². The number of pyridine rings is 1. The number of allylic oxidation sites excluding steroid dienone is 7. The molecule has 1 amide bonds. The van der Waals surface area contributed by atoms with Crippen molar-refractivity contribution in [1.82, 2.24) is 10.3 Å². The van der Waals surface area contributed by atoms with Gasteiger partial charge in [-0.15, -0.1) is 0 Å². The Morgan fingerprint density at radius 3 is 2.88 bits per heavy atom. The lowest BCUT2D eigenvalue weighted by molar-refractivity contribution is -0.125. The molecule has 4 atom stereocenters. The number of fused-ring (bicyclic) bond motifs is 1. The molecule has 33 heavy (non-hydrogen) atoms. The third-order valence-electron chi connectivity index (χ3n) is 7.33. The molecule has 0 saturated heterocycles. The van der Waals surface area contributed by atoms with Crippen LogP contribution in [0.15, 0.2) is 59.4 Å². The molecule has 1 aromatic heterocycles. The minimum Gasteiger partial charge on any atom is -0.326 e. The molecule has 3 aliphatic rings. The SMILES string of the molecule is CC1/C=C\c2nccc(C3CCCC([C@@H](C)C(=O)NC4=CC=C(Cl)CC=C4)CC3)c2/C=C\C1. The van der Waals surface area contributed by atoms with Gasteiger partial charge < -0.3 is 5.32 Å². The van der Waals surface area contributed by atoms with E-state index in [2.05, 4.69) is 54.5 Å². The maximum Gasteiger partial charge on any atom is 0.227 e. The number of rotatable bonds is 4. The fourth-order valence-corrected chi connectivity index (χ4v) is 5.36. The minimum atomic E-state index is -0.0110. The van der Waals surface area contributed by atoms with E-state index in [0.29, 0.717) is 24.2 Å². The summed E-state index contributed by atoms with van der Waals surface area (Å²) in [6, 6.07) is 2.21. The first-order valence-electron chi connectivity index (χ1n) is 12.4. The zero-order valence-electron chi connectivity index (χ0n) is 19.8. The highest BCUT2D eigenvalue weighted by Gasteiger charge is 2.29. The van der Waals surface area contributed by atoms with Crippen molar-refractivity contribution in [2.45, 2.75) is 64.7 Å². The number of halogens is 1. The van der Waals surface area contributed by atoms with Crippen molar-refractivity contribution < 1.29 is 4.79 Å². The Labute approximate surface area is 203 Å². The summed E-state index contributed by atoms with van der Waals surface area (Å²) < 4.78 is 0. The summed E-state index contributed by atoms with van der Waals surface area (Å²) in [5.41, 5.74) is 4.61. The van der Waals surface area contributed by atoms with Crippen LogP contribution < -0.4 is 5.32 Å². The van der Waals surface area contributed by atoms with Gasteiger partial charge in [0.15, 0.2) is 0 Å². The van der Waals surface area contributed by atoms with Gasteiger partial charge >= 0.3 is 0 Å². The molecule has 1 N–H and O–H groups in total. The monoisotopic (exact) mass is 462 g/mol. The van der Waals surface area contributed by atoms with E-state index >= 15 is 0 Å². The van der Waals surface area contributed by atoms with Crippen LogP contribution in [0.4, 0.5) is 0 Å². The standard InChI is InChI=1S/C29H35ClN2O/c1-20-6-3-11-27-26(18-19-31-28(27)17-12-20)23-8-4-7-22(13-14-23)21(2)29(33)32-25-10-5-9-24(30)15-16-25/h3,5,10-12,15-23H,4,6-9,13-14H2,1-2H3,(H,32,33)/b11-3-,17-12-/t20?,21-,22?,23?/m1/s1. The largest absolute Gasteiger partial charge is 0.326 e. The molecule has 4 rings (SSSR count). The molecular weight excluding hydrogens is 428 g/mol. The summed E-state index contributed by atoms with van der Waals surface area (Å²) in [4.78, 5) is 17.6. The van der Waals surface area contributed by atoms with Gasteiger partial charge in [0.2, 0.25) is 5.91 Å². The summed E-state index contributed by atoms with van der Waals surface area (Å²) in [6.07, 6.45) is 26.1. The van der Waals surface area contributed by atoms with Crippen molar-refractivity contribution in [3.05, 3.63) is 76.3 Å². The highest BCUT2D eigenvalue weighted by Crippen LogP contribution is 2.39. The normalized spacial score (nSPS) is 28.0. The summed E-state index contributed by atoms with van der Waals surface area (Å²) in [5.74, 6) is 1.57. The number of aromatic nitrogens is 1. The molecule has 174 valence electrons. The second-order valence-corrected chi connectivity index (χ2v) is 10.2. The van der Waals surface area contributed by atoms with Crippen LogP contribution in [0.25, 0.3) is 12.2 Å². The highest BCUT2D eigenvalue weighted by molar-refractivity contribution is 6.29. The van der Waals surface area contributed by atoms with Crippen molar-refractivity contribution in [3.8, 4) is 0 Å². The van der Waals surface area contributed by atoms with Gasteiger partial charge in [-0.25, -0.2) is 0 Å². The van der Waals surface area contributed by atoms with Crippen LogP contribution >= 0.6 is 11.6 Å². The van der Waals surface area contributed by atoms with Crippen molar-refractivity contribution in [1.29, 1.82) is 0 Å². The van der Waals surface area contributed by atoms with Crippen LogP contribution in [0.3, 0.4) is 0 Å². The first kappa shape index (κ1) is 23.8. The zero-order chi connectivity index (χ0) is 23.2. The van der Waals surface area contributed by atoms with Crippen molar-refractivity contribution in [2.24, 2.45) is 17.8 Å². The maximum absolute atomic E-state index is 13.0. The molecule has 0 aromatic carbocycles. The van der Waals surface area contributed by atoms with Gasteiger partial charge in [0, 0.05) is 34.8 Å². The molecule has 0 radical (unpaired) electrons. The third-order valence-corrected chi connectivity index (χ3v) is 7.61. The number of nitrogens with one attached hydrogen (secondary N) is 1. The van der Waals surface area contributed by atoms with Crippen LogP contribution in [0.1, 0.15) is 81.5 Å². The third kappa shape index (κ3) is 6.14. The molecule has 0 aliphatic heterocycles. The number of hydrogen-bond donors (Lipinski definition) is 1. The van der Waals surface area contributed by atoms with Crippen molar-refractivity contribution in [3.63, 3.8) is 0 Å². The van der Waals surface area contributed by atoms with E-state index in [-0.39, 0.29) is 11.8 Å². The van der Waals surface area contributed by atoms with Gasteiger partial charge in [-0.05, 0) is 85.8 Å². The fraction of sp³-hybridized carbons (Fsp3) is 0.448. The minimum absolute atomic E-state index is 0.0110. The van der Waals surface area contributed by atoms with Crippen LogP contribution in [-0.4, -0.2) is 10.9 Å². The summed E-state index contributed by atoms with van der Waals surface area (Å²) in [6.45, 7) is 4.33. The lowest BCUT2D eigenvalue weighted by Gasteiger charge is -2.23. The van der Waals surface area contributed by atoms with E-state index in [4.69, 9.17) is 11.6 Å². The van der Waals surface area contributed by atoms with Gasteiger partial charge in [0.1, 0.15) is 0 Å². The number of carbonyl (C=O) groups excluding carboxylic acids is 1. The molecular formula is C29H35ClN2O. The Balaban J connectivity index is 1.43. The first-order chi connectivity index (χ1) is 16.0. The molecule has 3 aliphatic carbocycles. The average molecular weight is 463 g/mol. The van der Waals surface area contributed by atoms with E-state index in [1.165, 1.54) is 17.5 Å². The maximum atomic E-state index is 13.0. The molecule has 1 fully saturated rings. The Morgan fingerprint density at radius 1 is 1.12 bits per heavy atom.